The Bertz CT molecular complexity index is 1040. The highest BCUT2D eigenvalue weighted by Crippen LogP contribution is 2.44. The number of ether oxygens (including phenoxy) is 2. The van der Waals surface area contributed by atoms with E-state index in [-0.39, 0.29) is 51.2 Å². The summed E-state index contributed by atoms with van der Waals surface area (Å²) in [4.78, 5) is 38.5. The number of fused-ring (bicyclic) bond motifs is 3. The average Bonchev–Trinajstić information content (AvgIpc) is 3.18. The molecule has 3 unspecified atom stereocenters. The number of carbonyl (C=O) groups is 3. The van der Waals surface area contributed by atoms with Gasteiger partial charge in [0.05, 0.1) is 18.8 Å². The second kappa shape index (κ2) is 10.9. The highest BCUT2D eigenvalue weighted by molar-refractivity contribution is 5.86. The zero-order valence-electron chi connectivity index (χ0n) is 19.6. The van der Waals surface area contributed by atoms with Gasteiger partial charge in [-0.2, -0.15) is 0 Å². The molecular formula is C26H30N2O7. The predicted octanol–water partition coefficient (Wildman–Crippen LogP) is 2.37. The van der Waals surface area contributed by atoms with Crippen molar-refractivity contribution in [1.82, 2.24) is 10.2 Å². The third-order valence-corrected chi connectivity index (χ3v) is 6.42. The smallest absolute Gasteiger partial charge is 0.407 e. The van der Waals surface area contributed by atoms with E-state index in [9.17, 15) is 19.5 Å². The summed E-state index contributed by atoms with van der Waals surface area (Å²) in [5.74, 6) is -1.62. The van der Waals surface area contributed by atoms with E-state index < -0.39 is 30.1 Å². The molecule has 2 amide bonds. The number of aliphatic hydroxyl groups is 1. The number of alkyl carbamates (subject to hydrolysis) is 1. The van der Waals surface area contributed by atoms with Crippen LogP contribution in [0.4, 0.5) is 4.79 Å². The SMILES string of the molecule is CC1CN(C(=O)C(CCC(=O)O)NC(=O)OCC2c3ccccc3-c3ccccc32)CC(CO)O1. The summed E-state index contributed by atoms with van der Waals surface area (Å²) in [6.07, 6.45) is -1.97. The summed E-state index contributed by atoms with van der Waals surface area (Å²) >= 11 is 0. The van der Waals surface area contributed by atoms with Crippen LogP contribution in [0.3, 0.4) is 0 Å². The lowest BCUT2D eigenvalue weighted by Gasteiger charge is -2.37. The van der Waals surface area contributed by atoms with Gasteiger partial charge in [0.1, 0.15) is 12.6 Å². The molecule has 0 aromatic heterocycles. The minimum absolute atomic E-state index is 0.0755. The van der Waals surface area contributed by atoms with Gasteiger partial charge in [0.25, 0.3) is 0 Å². The van der Waals surface area contributed by atoms with Gasteiger partial charge in [-0.3, -0.25) is 9.59 Å². The Morgan fingerprint density at radius 1 is 1.09 bits per heavy atom. The first-order chi connectivity index (χ1) is 16.9. The molecule has 9 heteroatoms. The molecule has 2 aromatic carbocycles. The topological polar surface area (TPSA) is 125 Å². The zero-order valence-corrected chi connectivity index (χ0v) is 19.6. The fraction of sp³-hybridized carbons (Fsp3) is 0.423. The number of carboxylic acids is 1. The van der Waals surface area contributed by atoms with Crippen molar-refractivity contribution in [2.45, 2.75) is 43.9 Å². The van der Waals surface area contributed by atoms with Crippen LogP contribution in [0.15, 0.2) is 48.5 Å². The molecule has 2 aromatic rings. The quantitative estimate of drug-likeness (QED) is 0.527. The molecule has 0 spiro atoms. The molecule has 1 heterocycles. The molecule has 3 atom stereocenters. The molecule has 3 N–H and O–H groups in total. The van der Waals surface area contributed by atoms with Crippen LogP contribution in [0, 0.1) is 0 Å². The van der Waals surface area contributed by atoms with Gasteiger partial charge in [0.15, 0.2) is 0 Å². The highest BCUT2D eigenvalue weighted by Gasteiger charge is 2.34. The van der Waals surface area contributed by atoms with Crippen molar-refractivity contribution >= 4 is 18.0 Å². The number of nitrogens with one attached hydrogen (secondary N) is 1. The molecule has 1 aliphatic carbocycles. The second-order valence-electron chi connectivity index (χ2n) is 8.95. The van der Waals surface area contributed by atoms with Gasteiger partial charge < -0.3 is 29.9 Å². The molecule has 0 bridgehead atoms. The third kappa shape index (κ3) is 5.63. The largest absolute Gasteiger partial charge is 0.481 e. The Labute approximate surface area is 203 Å². The van der Waals surface area contributed by atoms with E-state index in [2.05, 4.69) is 5.32 Å². The Balaban J connectivity index is 1.43. The van der Waals surface area contributed by atoms with E-state index in [1.807, 2.05) is 48.5 Å². The number of amides is 2. The fourth-order valence-corrected chi connectivity index (χ4v) is 4.85. The summed E-state index contributed by atoms with van der Waals surface area (Å²) in [5, 5.41) is 21.1. The molecule has 0 saturated carbocycles. The molecule has 1 saturated heterocycles. The van der Waals surface area contributed by atoms with Gasteiger partial charge in [-0.25, -0.2) is 4.79 Å². The maximum Gasteiger partial charge on any atom is 0.407 e. The van der Waals surface area contributed by atoms with Crippen molar-refractivity contribution in [3.63, 3.8) is 0 Å². The van der Waals surface area contributed by atoms with Crippen LogP contribution in [-0.2, 0) is 19.1 Å². The summed E-state index contributed by atoms with van der Waals surface area (Å²) in [6.45, 7) is 2.07. The molecular weight excluding hydrogens is 452 g/mol. The normalized spacial score (nSPS) is 20.0. The Hall–Kier alpha value is -3.43. The lowest BCUT2D eigenvalue weighted by atomic mass is 9.98. The predicted molar refractivity (Wildman–Crippen MR) is 127 cm³/mol. The molecule has 35 heavy (non-hydrogen) atoms. The van der Waals surface area contributed by atoms with Gasteiger partial charge >= 0.3 is 12.1 Å². The molecule has 186 valence electrons. The standard InChI is InChI=1S/C26H30N2O7/c1-16-12-28(13-17(14-29)35-16)25(32)23(10-11-24(30)31)27-26(33)34-15-22-20-8-4-2-6-18(20)19-7-3-5-9-21(19)22/h2-9,16-17,22-23,29H,10-15H2,1H3,(H,27,33)(H,30,31). The van der Waals surface area contributed by atoms with E-state index in [0.29, 0.717) is 0 Å². The van der Waals surface area contributed by atoms with Crippen molar-refractivity contribution in [2.24, 2.45) is 0 Å². The maximum absolute atomic E-state index is 13.2. The van der Waals surface area contributed by atoms with E-state index in [1.54, 1.807) is 6.92 Å². The number of nitrogens with zero attached hydrogens (tertiary/aromatic N) is 1. The molecule has 4 rings (SSSR count). The fourth-order valence-electron chi connectivity index (χ4n) is 4.85. The lowest BCUT2D eigenvalue weighted by Crippen LogP contribution is -2.56. The molecule has 9 nitrogen and oxygen atoms in total. The van der Waals surface area contributed by atoms with Gasteiger partial charge in [-0.1, -0.05) is 48.5 Å². The molecule has 1 aliphatic heterocycles. The number of benzene rings is 2. The maximum atomic E-state index is 13.2. The van der Waals surface area contributed by atoms with Crippen molar-refractivity contribution in [1.29, 1.82) is 0 Å². The highest BCUT2D eigenvalue weighted by atomic mass is 16.5. The van der Waals surface area contributed by atoms with Gasteiger partial charge in [0, 0.05) is 25.4 Å². The number of aliphatic hydroxyl groups excluding tert-OH is 1. The van der Waals surface area contributed by atoms with Crippen molar-refractivity contribution in [3.05, 3.63) is 59.7 Å². The van der Waals surface area contributed by atoms with E-state index in [4.69, 9.17) is 14.6 Å². The second-order valence-corrected chi connectivity index (χ2v) is 8.95. The van der Waals surface area contributed by atoms with Crippen molar-refractivity contribution < 1.29 is 34.1 Å². The van der Waals surface area contributed by atoms with Gasteiger partial charge in [-0.15, -0.1) is 0 Å². The number of hydrogen-bond acceptors (Lipinski definition) is 6. The number of carbonyl (C=O) groups excluding carboxylic acids is 2. The number of hydrogen-bond donors (Lipinski definition) is 3. The van der Waals surface area contributed by atoms with Gasteiger partial charge in [0.2, 0.25) is 5.91 Å². The lowest BCUT2D eigenvalue weighted by molar-refractivity contribution is -0.149. The van der Waals surface area contributed by atoms with Gasteiger partial charge in [-0.05, 0) is 35.6 Å². The van der Waals surface area contributed by atoms with Crippen LogP contribution >= 0.6 is 0 Å². The third-order valence-electron chi connectivity index (χ3n) is 6.42. The van der Waals surface area contributed by atoms with Crippen LogP contribution in [0.1, 0.15) is 36.8 Å². The Morgan fingerprint density at radius 3 is 2.31 bits per heavy atom. The first-order valence-corrected chi connectivity index (χ1v) is 11.8. The zero-order chi connectivity index (χ0) is 24.9. The van der Waals surface area contributed by atoms with E-state index in [0.717, 1.165) is 22.3 Å². The number of rotatable bonds is 8. The number of aliphatic carboxylic acids is 1. The Kier molecular flexibility index (Phi) is 7.67. The van der Waals surface area contributed by atoms with E-state index in [1.165, 1.54) is 4.90 Å². The summed E-state index contributed by atoms with van der Waals surface area (Å²) in [7, 11) is 0. The first-order valence-electron chi connectivity index (χ1n) is 11.8. The average molecular weight is 483 g/mol. The van der Waals surface area contributed by atoms with Crippen molar-refractivity contribution in [3.8, 4) is 11.1 Å². The van der Waals surface area contributed by atoms with Crippen molar-refractivity contribution in [2.75, 3.05) is 26.3 Å². The monoisotopic (exact) mass is 482 g/mol. The minimum Gasteiger partial charge on any atom is -0.481 e. The summed E-state index contributed by atoms with van der Waals surface area (Å²) < 4.78 is 11.1. The number of morpholine rings is 1. The first kappa shape index (κ1) is 24.7. The van der Waals surface area contributed by atoms with Crippen LogP contribution in [0.25, 0.3) is 11.1 Å². The Morgan fingerprint density at radius 2 is 1.71 bits per heavy atom. The number of carboxylic acid groups (broad SMARTS) is 1. The van der Waals surface area contributed by atoms with Crippen LogP contribution in [-0.4, -0.2) is 77.6 Å². The van der Waals surface area contributed by atoms with Crippen LogP contribution in [0.2, 0.25) is 0 Å². The van der Waals surface area contributed by atoms with E-state index >= 15 is 0 Å². The molecule has 2 aliphatic rings. The van der Waals surface area contributed by atoms with Crippen LogP contribution in [0.5, 0.6) is 0 Å². The molecule has 1 fully saturated rings. The summed E-state index contributed by atoms with van der Waals surface area (Å²) in [5.41, 5.74) is 4.34. The minimum atomic E-state index is -1.07. The summed E-state index contributed by atoms with van der Waals surface area (Å²) in [6, 6.07) is 14.9. The van der Waals surface area contributed by atoms with Crippen LogP contribution < -0.4 is 5.32 Å². The molecule has 0 radical (unpaired) electrons.